The lowest BCUT2D eigenvalue weighted by Crippen LogP contribution is -2.46. The molecule has 0 heterocycles. The number of ketones is 4. The van der Waals surface area contributed by atoms with Gasteiger partial charge in [0.2, 0.25) is 17.7 Å². The number of primary amides is 1. The first kappa shape index (κ1) is 54.4. The standard InChI is InChI=1S/C47H78N4O8S/c1-4-5-6-7-8-9-10-11-12-13-14-15-16-20-41(54)31-38(27-29-60-3)46(58)50-34-42(55)32-39(30-36-21-23-40(53)24-22-36)47(59)51-43(25-26-45(49)57)44(56)33-37(35(2)52)19-17-18-28-48/h21-24,37-39,43,53H,4-20,25-34,48H2,1-3H3,(H2,49,57)(H,50,58)(H,51,59)/t37-,38-,39-,43+/m1/s1. The van der Waals surface area contributed by atoms with Gasteiger partial charge in [-0.2, -0.15) is 11.8 Å². The maximum atomic E-state index is 13.9. The molecule has 60 heavy (non-hydrogen) atoms. The van der Waals surface area contributed by atoms with Crippen LogP contribution in [0.1, 0.15) is 167 Å². The third-order valence-electron chi connectivity index (χ3n) is 11.2. The number of phenolic OH excluding ortho intramolecular Hbond substituents is 1. The van der Waals surface area contributed by atoms with Crippen LogP contribution in [0.5, 0.6) is 5.75 Å². The van der Waals surface area contributed by atoms with Crippen LogP contribution < -0.4 is 22.1 Å². The highest BCUT2D eigenvalue weighted by atomic mass is 32.2. The van der Waals surface area contributed by atoms with Gasteiger partial charge in [-0.1, -0.05) is 103 Å². The van der Waals surface area contributed by atoms with E-state index in [2.05, 4.69) is 17.6 Å². The molecule has 1 rings (SSSR count). The first-order valence-electron chi connectivity index (χ1n) is 22.7. The minimum absolute atomic E-state index is 0.0287. The second-order valence-corrected chi connectivity index (χ2v) is 17.6. The molecule has 0 saturated carbocycles. The molecule has 12 nitrogen and oxygen atoms in total. The van der Waals surface area contributed by atoms with E-state index in [1.54, 1.807) is 23.9 Å². The van der Waals surface area contributed by atoms with Gasteiger partial charge in [0.1, 0.15) is 17.3 Å². The smallest absolute Gasteiger partial charge is 0.224 e. The molecular formula is C47H78N4O8S. The number of unbranched alkanes of at least 4 members (excludes halogenated alkanes) is 13. The molecule has 0 unspecified atom stereocenters. The summed E-state index contributed by atoms with van der Waals surface area (Å²) in [7, 11) is 0. The fourth-order valence-corrected chi connectivity index (χ4v) is 7.93. The monoisotopic (exact) mass is 859 g/mol. The summed E-state index contributed by atoms with van der Waals surface area (Å²) in [5.41, 5.74) is 11.6. The summed E-state index contributed by atoms with van der Waals surface area (Å²) in [6.45, 7) is 3.77. The topological polar surface area (TPSA) is 216 Å². The number of Topliss-reactive ketones (excluding diaryl/α,β-unsaturated/α-hetero) is 4. The van der Waals surface area contributed by atoms with Crippen molar-refractivity contribution in [2.24, 2.45) is 29.2 Å². The molecule has 1 aromatic carbocycles. The van der Waals surface area contributed by atoms with Crippen molar-refractivity contribution in [1.29, 1.82) is 0 Å². The molecule has 0 aliphatic rings. The van der Waals surface area contributed by atoms with E-state index in [9.17, 15) is 38.7 Å². The third kappa shape index (κ3) is 26.6. The number of aromatic hydroxyl groups is 1. The molecule has 1 aromatic rings. The first-order chi connectivity index (χ1) is 28.8. The number of benzene rings is 1. The normalized spacial score (nSPS) is 13.2. The molecule has 7 N–H and O–H groups in total. The van der Waals surface area contributed by atoms with Gasteiger partial charge in [-0.25, -0.2) is 0 Å². The molecule has 0 aromatic heterocycles. The number of carbonyl (C=O) groups excluding carboxylic acids is 7. The van der Waals surface area contributed by atoms with Crippen molar-refractivity contribution in [3.63, 3.8) is 0 Å². The first-order valence-corrected chi connectivity index (χ1v) is 24.1. The van der Waals surface area contributed by atoms with Crippen molar-refractivity contribution in [3.8, 4) is 5.75 Å². The Labute approximate surface area is 364 Å². The number of nitrogens with one attached hydrogen (secondary N) is 2. The lowest BCUT2D eigenvalue weighted by molar-refractivity contribution is -0.134. The molecule has 4 atom stereocenters. The number of carbonyl (C=O) groups is 7. The summed E-state index contributed by atoms with van der Waals surface area (Å²) in [5.74, 6) is -3.98. The Hall–Kier alpha value is -3.58. The van der Waals surface area contributed by atoms with E-state index >= 15 is 0 Å². The van der Waals surface area contributed by atoms with E-state index < -0.39 is 47.2 Å². The summed E-state index contributed by atoms with van der Waals surface area (Å²) in [6, 6.07) is 5.07. The van der Waals surface area contributed by atoms with Crippen LogP contribution in [-0.4, -0.2) is 77.1 Å². The zero-order chi connectivity index (χ0) is 44.5. The van der Waals surface area contributed by atoms with Crippen molar-refractivity contribution in [2.45, 2.75) is 174 Å². The van der Waals surface area contributed by atoms with E-state index in [0.29, 0.717) is 50.0 Å². The number of amides is 3. The van der Waals surface area contributed by atoms with Gasteiger partial charge in [0.25, 0.3) is 0 Å². The van der Waals surface area contributed by atoms with Crippen LogP contribution in [0.25, 0.3) is 0 Å². The van der Waals surface area contributed by atoms with Gasteiger partial charge >= 0.3 is 0 Å². The number of nitrogens with two attached hydrogens (primary N) is 2. The fourth-order valence-electron chi connectivity index (χ4n) is 7.41. The molecule has 3 amide bonds. The van der Waals surface area contributed by atoms with Crippen molar-refractivity contribution in [3.05, 3.63) is 29.8 Å². The lowest BCUT2D eigenvalue weighted by atomic mass is 9.88. The maximum absolute atomic E-state index is 13.9. The molecule has 0 saturated heterocycles. The van der Waals surface area contributed by atoms with E-state index in [4.69, 9.17) is 11.5 Å². The predicted molar refractivity (Wildman–Crippen MR) is 241 cm³/mol. The van der Waals surface area contributed by atoms with Crippen LogP contribution in [0.3, 0.4) is 0 Å². The summed E-state index contributed by atoms with van der Waals surface area (Å²) in [5, 5.41) is 15.3. The Morgan fingerprint density at radius 3 is 1.80 bits per heavy atom. The van der Waals surface area contributed by atoms with Crippen LogP contribution in [0.4, 0.5) is 0 Å². The van der Waals surface area contributed by atoms with Gasteiger partial charge in [0, 0.05) is 49.9 Å². The van der Waals surface area contributed by atoms with Crippen molar-refractivity contribution < 1.29 is 38.7 Å². The summed E-state index contributed by atoms with van der Waals surface area (Å²) in [6.07, 6.45) is 20.1. The zero-order valence-electron chi connectivity index (χ0n) is 37.1. The van der Waals surface area contributed by atoms with Gasteiger partial charge in [-0.3, -0.25) is 33.6 Å². The summed E-state index contributed by atoms with van der Waals surface area (Å²) >= 11 is 1.58. The highest BCUT2D eigenvalue weighted by molar-refractivity contribution is 7.98. The van der Waals surface area contributed by atoms with E-state index in [0.717, 1.165) is 19.3 Å². The summed E-state index contributed by atoms with van der Waals surface area (Å²) < 4.78 is 0. The van der Waals surface area contributed by atoms with E-state index in [1.807, 2.05) is 6.26 Å². The maximum Gasteiger partial charge on any atom is 0.224 e. The van der Waals surface area contributed by atoms with Crippen LogP contribution in [-0.2, 0) is 40.0 Å². The number of hydrogen-bond acceptors (Lipinski definition) is 10. The van der Waals surface area contributed by atoms with Crippen molar-refractivity contribution in [2.75, 3.05) is 25.1 Å². The van der Waals surface area contributed by atoms with Crippen LogP contribution in [0, 0.1) is 17.8 Å². The minimum Gasteiger partial charge on any atom is -0.508 e. The van der Waals surface area contributed by atoms with Crippen LogP contribution >= 0.6 is 11.8 Å². The van der Waals surface area contributed by atoms with Gasteiger partial charge in [-0.05, 0) is 81.7 Å². The van der Waals surface area contributed by atoms with Crippen LogP contribution in [0.2, 0.25) is 0 Å². The van der Waals surface area contributed by atoms with E-state index in [1.165, 1.54) is 83.3 Å². The Bertz CT molecular complexity index is 1420. The molecule has 0 radical (unpaired) electrons. The largest absolute Gasteiger partial charge is 0.508 e. The number of phenols is 1. The van der Waals surface area contributed by atoms with Gasteiger partial charge < -0.3 is 27.2 Å². The third-order valence-corrected chi connectivity index (χ3v) is 11.9. The minimum atomic E-state index is -1.12. The van der Waals surface area contributed by atoms with Crippen LogP contribution in [0.15, 0.2) is 24.3 Å². The second-order valence-electron chi connectivity index (χ2n) is 16.6. The number of hydrogen-bond donors (Lipinski definition) is 5. The average molecular weight is 859 g/mol. The Balaban J connectivity index is 2.85. The van der Waals surface area contributed by atoms with E-state index in [-0.39, 0.29) is 68.3 Å². The highest BCUT2D eigenvalue weighted by Gasteiger charge is 2.30. The molecule has 0 spiro atoms. The Kier molecular flexibility index (Phi) is 30.9. The fraction of sp³-hybridized carbons (Fsp3) is 0.723. The molecule has 0 bridgehead atoms. The second kappa shape index (κ2) is 34.1. The lowest BCUT2D eigenvalue weighted by Gasteiger charge is -2.23. The quantitative estimate of drug-likeness (QED) is 0.0412. The highest BCUT2D eigenvalue weighted by Crippen LogP contribution is 2.21. The van der Waals surface area contributed by atoms with Crippen molar-refractivity contribution in [1.82, 2.24) is 10.6 Å². The molecule has 0 aliphatic heterocycles. The zero-order valence-corrected chi connectivity index (χ0v) is 37.9. The molecule has 340 valence electrons. The molecule has 0 fully saturated rings. The van der Waals surface area contributed by atoms with Gasteiger partial charge in [-0.15, -0.1) is 0 Å². The van der Waals surface area contributed by atoms with Gasteiger partial charge in [0.15, 0.2) is 11.6 Å². The van der Waals surface area contributed by atoms with Crippen molar-refractivity contribution >= 4 is 52.6 Å². The SMILES string of the molecule is CCCCCCCCCCCCCCCC(=O)C[C@@H](CCSC)C(=O)NCC(=O)C[C@@H](Cc1ccc(O)cc1)C(=O)N[C@@H](CCC(N)=O)C(=O)C[C@@H](CCCCN)C(C)=O. The molecule has 13 heteroatoms. The number of thioether (sulfide) groups is 1. The number of rotatable bonds is 39. The summed E-state index contributed by atoms with van der Waals surface area (Å²) in [4.78, 5) is 91.2. The van der Waals surface area contributed by atoms with Gasteiger partial charge in [0.05, 0.1) is 12.6 Å². The Morgan fingerprint density at radius 1 is 0.667 bits per heavy atom. The average Bonchev–Trinajstić information content (AvgIpc) is 3.21. The molecular weight excluding hydrogens is 781 g/mol. The predicted octanol–water partition coefficient (Wildman–Crippen LogP) is 7.48. The Morgan fingerprint density at radius 2 is 1.25 bits per heavy atom. The molecule has 0 aliphatic carbocycles.